The van der Waals surface area contributed by atoms with Gasteiger partial charge >= 0.3 is 0 Å². The van der Waals surface area contributed by atoms with E-state index >= 15 is 0 Å². The predicted molar refractivity (Wildman–Crippen MR) is 102 cm³/mol. The van der Waals surface area contributed by atoms with Gasteiger partial charge in [0.2, 0.25) is 11.8 Å². The molecular formula is C17H25BrClN3O2. The van der Waals surface area contributed by atoms with Gasteiger partial charge in [-0.2, -0.15) is 0 Å². The average Bonchev–Trinajstić information content (AvgIpc) is 2.56. The van der Waals surface area contributed by atoms with Gasteiger partial charge < -0.3 is 16.0 Å². The van der Waals surface area contributed by atoms with E-state index in [9.17, 15) is 9.59 Å². The first-order valence-electron chi connectivity index (χ1n) is 8.16. The van der Waals surface area contributed by atoms with Crippen molar-refractivity contribution < 1.29 is 9.59 Å². The molecule has 2 amide bonds. The summed E-state index contributed by atoms with van der Waals surface area (Å²) >= 11 is 3.35. The number of carbonyl (C=O) groups excluding carboxylic acids is 2. The summed E-state index contributed by atoms with van der Waals surface area (Å²) in [5.74, 6) is 0.605. The number of benzene rings is 1. The molecule has 1 aliphatic heterocycles. The molecule has 2 rings (SSSR count). The van der Waals surface area contributed by atoms with Crippen molar-refractivity contribution in [2.24, 2.45) is 5.92 Å². The summed E-state index contributed by atoms with van der Waals surface area (Å²) in [5, 5.41) is 8.96. The zero-order valence-electron chi connectivity index (χ0n) is 13.6. The van der Waals surface area contributed by atoms with E-state index in [0.29, 0.717) is 18.9 Å². The number of carbonyl (C=O) groups is 2. The highest BCUT2D eigenvalue weighted by atomic mass is 79.9. The van der Waals surface area contributed by atoms with Crippen molar-refractivity contribution in [1.29, 1.82) is 0 Å². The van der Waals surface area contributed by atoms with Crippen molar-refractivity contribution in [2.75, 3.05) is 25.0 Å². The molecule has 1 heterocycles. The number of hydrogen-bond donors (Lipinski definition) is 3. The quantitative estimate of drug-likeness (QED) is 0.637. The average molecular weight is 419 g/mol. The van der Waals surface area contributed by atoms with Crippen LogP contribution in [0.4, 0.5) is 5.69 Å². The maximum absolute atomic E-state index is 11.8. The van der Waals surface area contributed by atoms with E-state index in [1.54, 1.807) is 0 Å². The van der Waals surface area contributed by atoms with Crippen molar-refractivity contribution >= 4 is 45.8 Å². The minimum absolute atomic E-state index is 0. The number of halogens is 2. The standard InChI is InChI=1S/C17H24BrN3O2.ClH/c18-14-2-4-15(5-3-14)21-17(23)9-12-20-16(22)6-1-13-7-10-19-11-8-13;/h2-5,13,19H,1,6-12H2,(H,20,22)(H,21,23);1H. The Morgan fingerprint density at radius 2 is 1.75 bits per heavy atom. The Morgan fingerprint density at radius 3 is 2.42 bits per heavy atom. The molecule has 0 saturated carbocycles. The van der Waals surface area contributed by atoms with Crippen molar-refractivity contribution in [2.45, 2.75) is 32.1 Å². The summed E-state index contributed by atoms with van der Waals surface area (Å²) in [6.07, 6.45) is 4.10. The molecule has 0 bridgehead atoms. The molecule has 1 aromatic carbocycles. The van der Waals surface area contributed by atoms with Crippen LogP contribution in [0.25, 0.3) is 0 Å². The van der Waals surface area contributed by atoms with Crippen LogP contribution in [-0.2, 0) is 9.59 Å². The van der Waals surface area contributed by atoms with Crippen molar-refractivity contribution in [3.05, 3.63) is 28.7 Å². The number of hydrogen-bond acceptors (Lipinski definition) is 3. The first-order chi connectivity index (χ1) is 11.1. The molecule has 1 aliphatic rings. The molecule has 0 unspecified atom stereocenters. The first kappa shape index (κ1) is 20.9. The van der Waals surface area contributed by atoms with Crippen molar-refractivity contribution in [3.8, 4) is 0 Å². The lowest BCUT2D eigenvalue weighted by Crippen LogP contribution is -2.30. The lowest BCUT2D eigenvalue weighted by atomic mass is 9.93. The van der Waals surface area contributed by atoms with E-state index in [1.807, 2.05) is 24.3 Å². The third-order valence-corrected chi connectivity index (χ3v) is 4.57. The molecule has 5 nitrogen and oxygen atoms in total. The molecule has 0 aromatic heterocycles. The lowest BCUT2D eigenvalue weighted by Gasteiger charge is -2.22. The third-order valence-electron chi connectivity index (χ3n) is 4.04. The highest BCUT2D eigenvalue weighted by molar-refractivity contribution is 9.10. The molecule has 0 atom stereocenters. The summed E-state index contributed by atoms with van der Waals surface area (Å²) in [7, 11) is 0. The van der Waals surface area contributed by atoms with Crippen molar-refractivity contribution in [1.82, 2.24) is 10.6 Å². The Hall–Kier alpha value is -1.11. The van der Waals surface area contributed by atoms with Crippen molar-refractivity contribution in [3.63, 3.8) is 0 Å². The van der Waals surface area contributed by atoms with E-state index in [0.717, 1.165) is 42.5 Å². The number of amides is 2. The second-order valence-corrected chi connectivity index (χ2v) is 6.80. The molecule has 0 spiro atoms. The SMILES string of the molecule is Cl.O=C(CCC1CCNCC1)NCCC(=O)Nc1ccc(Br)cc1. The van der Waals surface area contributed by atoms with E-state index in [1.165, 1.54) is 0 Å². The van der Waals surface area contributed by atoms with E-state index in [4.69, 9.17) is 0 Å². The fourth-order valence-electron chi connectivity index (χ4n) is 2.67. The molecule has 3 N–H and O–H groups in total. The normalized spacial score (nSPS) is 14.5. The van der Waals surface area contributed by atoms with Gasteiger partial charge in [-0.05, 0) is 62.5 Å². The van der Waals surface area contributed by atoms with Gasteiger partial charge in [-0.25, -0.2) is 0 Å². The van der Waals surface area contributed by atoms with Crippen LogP contribution < -0.4 is 16.0 Å². The van der Waals surface area contributed by atoms with Crippen LogP contribution >= 0.6 is 28.3 Å². The molecular weight excluding hydrogens is 394 g/mol. The van der Waals surface area contributed by atoms with Crippen LogP contribution in [0.1, 0.15) is 32.1 Å². The highest BCUT2D eigenvalue weighted by Gasteiger charge is 2.14. The van der Waals surface area contributed by atoms with Crippen LogP contribution in [0.15, 0.2) is 28.7 Å². The topological polar surface area (TPSA) is 70.2 Å². The van der Waals surface area contributed by atoms with Gasteiger partial charge in [0.05, 0.1) is 0 Å². The van der Waals surface area contributed by atoms with Crippen LogP contribution in [0.2, 0.25) is 0 Å². The van der Waals surface area contributed by atoms with E-state index in [2.05, 4.69) is 31.9 Å². The molecule has 0 aliphatic carbocycles. The van der Waals surface area contributed by atoms with Crippen LogP contribution in [0, 0.1) is 5.92 Å². The van der Waals surface area contributed by atoms with Gasteiger partial charge in [0.1, 0.15) is 0 Å². The van der Waals surface area contributed by atoms with Gasteiger partial charge in [0, 0.05) is 29.5 Å². The zero-order chi connectivity index (χ0) is 16.5. The first-order valence-corrected chi connectivity index (χ1v) is 8.95. The van der Waals surface area contributed by atoms with Gasteiger partial charge in [-0.1, -0.05) is 15.9 Å². The van der Waals surface area contributed by atoms with Crippen LogP contribution in [-0.4, -0.2) is 31.4 Å². The lowest BCUT2D eigenvalue weighted by molar-refractivity contribution is -0.121. The molecule has 24 heavy (non-hydrogen) atoms. The summed E-state index contributed by atoms with van der Waals surface area (Å²) in [6.45, 7) is 2.50. The van der Waals surface area contributed by atoms with Gasteiger partial charge in [0.15, 0.2) is 0 Å². The Bertz CT molecular complexity index is 519. The Labute approximate surface area is 157 Å². The monoisotopic (exact) mass is 417 g/mol. The summed E-state index contributed by atoms with van der Waals surface area (Å²) in [4.78, 5) is 23.6. The summed E-state index contributed by atoms with van der Waals surface area (Å²) in [5.41, 5.74) is 0.760. The Balaban J connectivity index is 0.00000288. The number of piperidine rings is 1. The van der Waals surface area contributed by atoms with Gasteiger partial charge in [-0.3, -0.25) is 9.59 Å². The largest absolute Gasteiger partial charge is 0.356 e. The minimum Gasteiger partial charge on any atom is -0.356 e. The fourth-order valence-corrected chi connectivity index (χ4v) is 2.93. The Morgan fingerprint density at radius 1 is 1.08 bits per heavy atom. The second kappa shape index (κ2) is 11.4. The summed E-state index contributed by atoms with van der Waals surface area (Å²) in [6, 6.07) is 7.41. The second-order valence-electron chi connectivity index (χ2n) is 5.89. The number of anilines is 1. The highest BCUT2D eigenvalue weighted by Crippen LogP contribution is 2.17. The number of rotatable bonds is 7. The van der Waals surface area contributed by atoms with E-state index < -0.39 is 0 Å². The number of nitrogens with one attached hydrogen (secondary N) is 3. The van der Waals surface area contributed by atoms with E-state index in [-0.39, 0.29) is 30.6 Å². The van der Waals surface area contributed by atoms with Gasteiger partial charge in [-0.15, -0.1) is 12.4 Å². The molecule has 7 heteroatoms. The molecule has 1 fully saturated rings. The molecule has 1 saturated heterocycles. The van der Waals surface area contributed by atoms with Crippen LogP contribution in [0.5, 0.6) is 0 Å². The predicted octanol–water partition coefficient (Wildman–Crippen LogP) is 3.10. The van der Waals surface area contributed by atoms with Gasteiger partial charge in [0.25, 0.3) is 0 Å². The minimum atomic E-state index is -0.0917. The molecule has 0 radical (unpaired) electrons. The summed E-state index contributed by atoms with van der Waals surface area (Å²) < 4.78 is 0.969. The maximum atomic E-state index is 11.8. The third kappa shape index (κ3) is 8.13. The zero-order valence-corrected chi connectivity index (χ0v) is 16.0. The fraction of sp³-hybridized carbons (Fsp3) is 0.529. The molecule has 1 aromatic rings. The maximum Gasteiger partial charge on any atom is 0.226 e. The molecule has 134 valence electrons. The van der Waals surface area contributed by atoms with Crippen LogP contribution in [0.3, 0.4) is 0 Å². The smallest absolute Gasteiger partial charge is 0.226 e. The Kier molecular flexibility index (Phi) is 9.98.